The number of nitrogens with two attached hydrogens (primary N) is 1. The molecule has 0 spiro atoms. The maximum Gasteiger partial charge on any atom is 0.232 e. The highest BCUT2D eigenvalue weighted by atomic mass is 35.5. The Morgan fingerprint density at radius 1 is 0.935 bits per heavy atom. The van der Waals surface area contributed by atoms with Crippen LogP contribution in [0.15, 0.2) is 48.5 Å². The second-order valence-corrected chi connectivity index (χ2v) is 7.87. The average molecular weight is 440 g/mol. The molecule has 0 aliphatic carbocycles. The molecule has 1 fully saturated rings. The first-order chi connectivity index (χ1) is 15.1. The molecule has 31 heavy (non-hydrogen) atoms. The van der Waals surface area contributed by atoms with E-state index in [0.717, 1.165) is 43.4 Å². The molecule has 162 valence electrons. The van der Waals surface area contributed by atoms with Gasteiger partial charge in [0.25, 0.3) is 0 Å². The molecule has 0 radical (unpaired) electrons. The van der Waals surface area contributed by atoms with Crippen molar-refractivity contribution < 1.29 is 4.74 Å². The van der Waals surface area contributed by atoms with Crippen LogP contribution in [0.2, 0.25) is 5.02 Å². The number of halogens is 1. The average Bonchev–Trinajstić information content (AvgIpc) is 2.77. The second-order valence-electron chi connectivity index (χ2n) is 7.44. The predicted molar refractivity (Wildman–Crippen MR) is 123 cm³/mol. The van der Waals surface area contributed by atoms with Crippen molar-refractivity contribution in [2.75, 3.05) is 44.3 Å². The first-order valence-corrected chi connectivity index (χ1v) is 10.6. The summed E-state index contributed by atoms with van der Waals surface area (Å²) in [4.78, 5) is 17.9. The molecule has 1 saturated heterocycles. The lowest BCUT2D eigenvalue weighted by molar-refractivity contribution is 0.120. The van der Waals surface area contributed by atoms with E-state index in [1.54, 1.807) is 7.11 Å². The number of methoxy groups -OCH3 is 1. The van der Waals surface area contributed by atoms with Gasteiger partial charge in [0.2, 0.25) is 11.9 Å². The molecule has 1 aromatic heterocycles. The number of para-hydroxylation sites is 2. The number of benzene rings is 2. The van der Waals surface area contributed by atoms with Crippen LogP contribution in [-0.2, 0) is 13.1 Å². The molecule has 3 aromatic rings. The SMILES string of the molecule is COc1ccccc1Nc1nc(N)nc(CN2CCN(Cc3ccc(Cl)cc3)CC2)n1. The number of nitrogens with one attached hydrogen (secondary N) is 1. The first kappa shape index (κ1) is 21.3. The minimum atomic E-state index is 0.198. The maximum atomic E-state index is 5.98. The van der Waals surface area contributed by atoms with Gasteiger partial charge < -0.3 is 15.8 Å². The van der Waals surface area contributed by atoms with Crippen LogP contribution in [-0.4, -0.2) is 58.0 Å². The molecule has 2 heterocycles. The highest BCUT2D eigenvalue weighted by molar-refractivity contribution is 6.30. The Balaban J connectivity index is 1.35. The fourth-order valence-corrected chi connectivity index (χ4v) is 3.71. The Labute approximate surface area is 187 Å². The largest absolute Gasteiger partial charge is 0.495 e. The van der Waals surface area contributed by atoms with Crippen LogP contribution in [0.5, 0.6) is 5.75 Å². The van der Waals surface area contributed by atoms with E-state index in [-0.39, 0.29) is 5.95 Å². The van der Waals surface area contributed by atoms with Gasteiger partial charge in [-0.25, -0.2) is 0 Å². The Morgan fingerprint density at radius 3 is 2.32 bits per heavy atom. The maximum absolute atomic E-state index is 5.98. The first-order valence-electron chi connectivity index (χ1n) is 10.2. The number of piperazine rings is 1. The van der Waals surface area contributed by atoms with Crippen LogP contribution >= 0.6 is 11.6 Å². The molecule has 1 aliphatic heterocycles. The summed E-state index contributed by atoms with van der Waals surface area (Å²) in [7, 11) is 1.63. The zero-order chi connectivity index (χ0) is 21.6. The smallest absolute Gasteiger partial charge is 0.232 e. The lowest BCUT2D eigenvalue weighted by Gasteiger charge is -2.34. The van der Waals surface area contributed by atoms with E-state index in [2.05, 4.69) is 42.2 Å². The van der Waals surface area contributed by atoms with Gasteiger partial charge in [-0.15, -0.1) is 0 Å². The van der Waals surface area contributed by atoms with E-state index in [0.29, 0.717) is 24.1 Å². The van der Waals surface area contributed by atoms with Crippen molar-refractivity contribution in [3.63, 3.8) is 0 Å². The van der Waals surface area contributed by atoms with Gasteiger partial charge in [-0.3, -0.25) is 9.80 Å². The topological polar surface area (TPSA) is 92.4 Å². The van der Waals surface area contributed by atoms with Crippen molar-refractivity contribution in [1.29, 1.82) is 0 Å². The number of ether oxygens (including phenoxy) is 1. The molecule has 0 unspecified atom stereocenters. The minimum Gasteiger partial charge on any atom is -0.495 e. The number of nitrogens with zero attached hydrogens (tertiary/aromatic N) is 5. The number of nitrogen functional groups attached to an aromatic ring is 1. The quantitative estimate of drug-likeness (QED) is 0.580. The zero-order valence-electron chi connectivity index (χ0n) is 17.5. The number of rotatable bonds is 7. The van der Waals surface area contributed by atoms with Crippen molar-refractivity contribution >= 4 is 29.2 Å². The Kier molecular flexibility index (Phi) is 6.81. The molecule has 0 bridgehead atoms. The summed E-state index contributed by atoms with van der Waals surface area (Å²) in [6, 6.07) is 15.6. The minimum absolute atomic E-state index is 0.198. The van der Waals surface area contributed by atoms with Crippen LogP contribution < -0.4 is 15.8 Å². The Bertz CT molecular complexity index is 1010. The number of hydrogen-bond donors (Lipinski definition) is 2. The van der Waals surface area contributed by atoms with E-state index in [9.17, 15) is 0 Å². The van der Waals surface area contributed by atoms with Crippen LogP contribution in [0.1, 0.15) is 11.4 Å². The van der Waals surface area contributed by atoms with Gasteiger partial charge in [0, 0.05) is 37.7 Å². The molecular weight excluding hydrogens is 414 g/mol. The fourth-order valence-electron chi connectivity index (χ4n) is 3.59. The summed E-state index contributed by atoms with van der Waals surface area (Å²) in [6.07, 6.45) is 0. The molecular formula is C22H26ClN7O. The molecule has 1 aliphatic rings. The van der Waals surface area contributed by atoms with E-state index >= 15 is 0 Å². The van der Waals surface area contributed by atoms with E-state index in [1.807, 2.05) is 36.4 Å². The van der Waals surface area contributed by atoms with Crippen molar-refractivity contribution in [3.8, 4) is 5.75 Å². The summed E-state index contributed by atoms with van der Waals surface area (Å²) in [5.74, 6) is 1.97. The molecule has 4 rings (SSSR count). The van der Waals surface area contributed by atoms with Crippen LogP contribution in [0, 0.1) is 0 Å². The monoisotopic (exact) mass is 439 g/mol. The van der Waals surface area contributed by atoms with Gasteiger partial charge in [0.05, 0.1) is 19.3 Å². The van der Waals surface area contributed by atoms with Crippen LogP contribution in [0.25, 0.3) is 0 Å². The molecule has 8 nitrogen and oxygen atoms in total. The van der Waals surface area contributed by atoms with Gasteiger partial charge in [-0.05, 0) is 29.8 Å². The summed E-state index contributed by atoms with van der Waals surface area (Å²) < 4.78 is 5.37. The second kappa shape index (κ2) is 9.91. The van der Waals surface area contributed by atoms with Gasteiger partial charge in [0.1, 0.15) is 11.6 Å². The van der Waals surface area contributed by atoms with Crippen molar-refractivity contribution in [2.45, 2.75) is 13.1 Å². The molecule has 2 aromatic carbocycles. The third kappa shape index (κ3) is 5.81. The molecule has 3 N–H and O–H groups in total. The lowest BCUT2D eigenvalue weighted by Crippen LogP contribution is -2.45. The van der Waals surface area contributed by atoms with E-state index in [1.165, 1.54) is 5.56 Å². The van der Waals surface area contributed by atoms with Crippen molar-refractivity contribution in [1.82, 2.24) is 24.8 Å². The summed E-state index contributed by atoms with van der Waals surface area (Å²) in [5, 5.41) is 3.95. The van der Waals surface area contributed by atoms with Crippen molar-refractivity contribution in [3.05, 3.63) is 64.9 Å². The molecule has 0 atom stereocenters. The number of hydrogen-bond acceptors (Lipinski definition) is 8. The summed E-state index contributed by atoms with van der Waals surface area (Å²) in [5.41, 5.74) is 7.99. The Hall–Kier alpha value is -2.94. The standard InChI is InChI=1S/C22H26ClN7O/c1-31-19-5-3-2-4-18(19)25-22-27-20(26-21(24)28-22)15-30-12-10-29(11-13-30)14-16-6-8-17(23)9-7-16/h2-9H,10-15H2,1H3,(H3,24,25,26,27,28). The highest BCUT2D eigenvalue weighted by Crippen LogP contribution is 2.25. The lowest BCUT2D eigenvalue weighted by atomic mass is 10.2. The van der Waals surface area contributed by atoms with Gasteiger partial charge in [0.15, 0.2) is 0 Å². The van der Waals surface area contributed by atoms with E-state index < -0.39 is 0 Å². The van der Waals surface area contributed by atoms with Gasteiger partial charge in [-0.2, -0.15) is 15.0 Å². The third-order valence-electron chi connectivity index (χ3n) is 5.20. The fraction of sp³-hybridized carbons (Fsp3) is 0.318. The van der Waals surface area contributed by atoms with Crippen LogP contribution in [0.4, 0.5) is 17.6 Å². The normalized spacial score (nSPS) is 15.0. The number of aromatic nitrogens is 3. The molecule has 9 heteroatoms. The zero-order valence-corrected chi connectivity index (χ0v) is 18.2. The molecule has 0 amide bonds. The molecule has 0 saturated carbocycles. The third-order valence-corrected chi connectivity index (χ3v) is 5.45. The van der Waals surface area contributed by atoms with Crippen LogP contribution in [0.3, 0.4) is 0 Å². The van der Waals surface area contributed by atoms with Gasteiger partial charge >= 0.3 is 0 Å². The summed E-state index contributed by atoms with van der Waals surface area (Å²) >= 11 is 5.98. The number of anilines is 3. The Morgan fingerprint density at radius 2 is 1.61 bits per heavy atom. The van der Waals surface area contributed by atoms with Gasteiger partial charge in [-0.1, -0.05) is 35.9 Å². The van der Waals surface area contributed by atoms with E-state index in [4.69, 9.17) is 22.1 Å². The highest BCUT2D eigenvalue weighted by Gasteiger charge is 2.19. The van der Waals surface area contributed by atoms with Crippen molar-refractivity contribution in [2.24, 2.45) is 0 Å². The summed E-state index contributed by atoms with van der Waals surface area (Å²) in [6.45, 7) is 5.40. The predicted octanol–water partition coefficient (Wildman–Crippen LogP) is 3.18.